The van der Waals surface area contributed by atoms with Gasteiger partial charge in [0, 0.05) is 5.56 Å². The molecule has 0 aliphatic rings. The molecule has 0 amide bonds. The first-order chi connectivity index (χ1) is 6.92. The average molecular weight is 202 g/mol. The maximum Gasteiger partial charge on any atom is 0.120 e. The molecular formula is C14H18O. The normalized spacial score (nSPS) is 10.9. The van der Waals surface area contributed by atoms with E-state index < -0.39 is 0 Å². The SMILES string of the molecule is C=Cc1ccc(C(=C)OC(C)(C)C)cc1. The first kappa shape index (κ1) is 11.6. The van der Waals surface area contributed by atoms with E-state index >= 15 is 0 Å². The monoisotopic (exact) mass is 202 g/mol. The van der Waals surface area contributed by atoms with Gasteiger partial charge in [-0.15, -0.1) is 0 Å². The van der Waals surface area contributed by atoms with E-state index in [1.165, 1.54) is 0 Å². The van der Waals surface area contributed by atoms with Gasteiger partial charge in [0.2, 0.25) is 0 Å². The second-order valence-electron chi connectivity index (χ2n) is 4.46. The molecule has 0 unspecified atom stereocenters. The van der Waals surface area contributed by atoms with Crippen LogP contribution in [0.2, 0.25) is 0 Å². The Balaban J connectivity index is 2.79. The van der Waals surface area contributed by atoms with Crippen LogP contribution in [0.15, 0.2) is 37.4 Å². The summed E-state index contributed by atoms with van der Waals surface area (Å²) in [6, 6.07) is 7.98. The Bertz CT molecular complexity index is 352. The van der Waals surface area contributed by atoms with Gasteiger partial charge < -0.3 is 4.74 Å². The standard InChI is InChI=1S/C14H18O/c1-6-12-7-9-13(10-8-12)11(2)15-14(3,4)5/h6-10H,1-2H2,3-5H3. The summed E-state index contributed by atoms with van der Waals surface area (Å²) in [6.45, 7) is 13.7. The lowest BCUT2D eigenvalue weighted by Gasteiger charge is -2.22. The van der Waals surface area contributed by atoms with Crippen molar-refractivity contribution in [1.82, 2.24) is 0 Å². The lowest BCUT2D eigenvalue weighted by molar-refractivity contribution is 0.0976. The van der Waals surface area contributed by atoms with Crippen molar-refractivity contribution < 1.29 is 4.74 Å². The van der Waals surface area contributed by atoms with Gasteiger partial charge in [0.1, 0.15) is 11.4 Å². The summed E-state index contributed by atoms with van der Waals surface area (Å²) in [6.07, 6.45) is 1.82. The topological polar surface area (TPSA) is 9.23 Å². The zero-order valence-electron chi connectivity index (χ0n) is 9.71. The lowest BCUT2D eigenvalue weighted by atomic mass is 10.1. The van der Waals surface area contributed by atoms with Crippen LogP contribution in [0.25, 0.3) is 11.8 Å². The zero-order valence-corrected chi connectivity index (χ0v) is 9.71. The molecule has 0 radical (unpaired) electrons. The third kappa shape index (κ3) is 3.62. The van der Waals surface area contributed by atoms with E-state index in [0.717, 1.165) is 11.1 Å². The Morgan fingerprint density at radius 2 is 1.73 bits per heavy atom. The number of benzene rings is 1. The number of hydrogen-bond acceptors (Lipinski definition) is 1. The molecule has 0 aliphatic heterocycles. The summed E-state index contributed by atoms with van der Waals surface area (Å²) in [5.74, 6) is 0.707. The minimum Gasteiger partial charge on any atom is -0.488 e. The second kappa shape index (κ2) is 4.35. The van der Waals surface area contributed by atoms with Crippen LogP contribution in [0.5, 0.6) is 0 Å². The van der Waals surface area contributed by atoms with Gasteiger partial charge in [0.25, 0.3) is 0 Å². The van der Waals surface area contributed by atoms with Gasteiger partial charge in [-0.3, -0.25) is 0 Å². The molecule has 80 valence electrons. The van der Waals surface area contributed by atoms with Crippen molar-refractivity contribution in [3.63, 3.8) is 0 Å². The summed E-state index contributed by atoms with van der Waals surface area (Å²) in [5.41, 5.74) is 1.91. The van der Waals surface area contributed by atoms with E-state index in [2.05, 4.69) is 13.2 Å². The molecule has 0 aromatic heterocycles. The van der Waals surface area contributed by atoms with E-state index in [9.17, 15) is 0 Å². The summed E-state index contributed by atoms with van der Waals surface area (Å²) < 4.78 is 5.68. The predicted octanol–water partition coefficient (Wildman–Crippen LogP) is 4.12. The van der Waals surface area contributed by atoms with Gasteiger partial charge in [0.05, 0.1) is 0 Å². The Kier molecular flexibility index (Phi) is 3.35. The maximum absolute atomic E-state index is 5.68. The fourth-order valence-electron chi connectivity index (χ4n) is 1.23. The maximum atomic E-state index is 5.68. The van der Waals surface area contributed by atoms with Crippen LogP contribution in [-0.4, -0.2) is 5.60 Å². The van der Waals surface area contributed by atoms with Crippen LogP contribution in [0, 0.1) is 0 Å². The Hall–Kier alpha value is -1.50. The molecule has 1 rings (SSSR count). The van der Waals surface area contributed by atoms with Crippen molar-refractivity contribution in [2.45, 2.75) is 26.4 Å². The van der Waals surface area contributed by atoms with Crippen LogP contribution in [0.1, 0.15) is 31.9 Å². The summed E-state index contributed by atoms with van der Waals surface area (Å²) in [5, 5.41) is 0. The molecule has 0 fully saturated rings. The smallest absolute Gasteiger partial charge is 0.120 e. The highest BCUT2D eigenvalue weighted by Gasteiger charge is 2.13. The van der Waals surface area contributed by atoms with Crippen molar-refractivity contribution in [3.05, 3.63) is 48.6 Å². The average Bonchev–Trinajstić information content (AvgIpc) is 2.15. The minimum atomic E-state index is -0.200. The van der Waals surface area contributed by atoms with Gasteiger partial charge in [-0.2, -0.15) is 0 Å². The van der Waals surface area contributed by atoms with Gasteiger partial charge in [-0.25, -0.2) is 0 Å². The second-order valence-corrected chi connectivity index (χ2v) is 4.46. The molecule has 0 heterocycles. The fraction of sp³-hybridized carbons (Fsp3) is 0.286. The number of rotatable bonds is 3. The summed E-state index contributed by atoms with van der Waals surface area (Å²) in [7, 11) is 0. The van der Waals surface area contributed by atoms with E-state index in [1.54, 1.807) is 0 Å². The van der Waals surface area contributed by atoms with Gasteiger partial charge >= 0.3 is 0 Å². The van der Waals surface area contributed by atoms with Crippen LogP contribution < -0.4 is 0 Å². The summed E-state index contributed by atoms with van der Waals surface area (Å²) >= 11 is 0. The Morgan fingerprint density at radius 3 is 2.13 bits per heavy atom. The highest BCUT2D eigenvalue weighted by Crippen LogP contribution is 2.21. The molecule has 0 spiro atoms. The van der Waals surface area contributed by atoms with E-state index in [4.69, 9.17) is 4.74 Å². The molecule has 0 bridgehead atoms. The molecule has 0 N–H and O–H groups in total. The Labute approximate surface area is 92.1 Å². The first-order valence-electron chi connectivity index (χ1n) is 5.03. The van der Waals surface area contributed by atoms with Crippen LogP contribution in [0.3, 0.4) is 0 Å². The van der Waals surface area contributed by atoms with Gasteiger partial charge in [-0.05, 0) is 26.3 Å². The van der Waals surface area contributed by atoms with Crippen molar-refractivity contribution in [1.29, 1.82) is 0 Å². The number of ether oxygens (including phenoxy) is 1. The first-order valence-corrected chi connectivity index (χ1v) is 5.03. The number of hydrogen-bond donors (Lipinski definition) is 0. The molecule has 15 heavy (non-hydrogen) atoms. The van der Waals surface area contributed by atoms with Crippen LogP contribution in [-0.2, 0) is 4.74 Å². The molecule has 1 heteroatoms. The van der Waals surface area contributed by atoms with Gasteiger partial charge in [-0.1, -0.05) is 43.5 Å². The van der Waals surface area contributed by atoms with Crippen molar-refractivity contribution in [2.24, 2.45) is 0 Å². The highest BCUT2D eigenvalue weighted by atomic mass is 16.5. The largest absolute Gasteiger partial charge is 0.488 e. The van der Waals surface area contributed by atoms with Crippen LogP contribution >= 0.6 is 0 Å². The third-order valence-electron chi connectivity index (χ3n) is 1.90. The fourth-order valence-corrected chi connectivity index (χ4v) is 1.23. The van der Waals surface area contributed by atoms with Crippen molar-refractivity contribution in [2.75, 3.05) is 0 Å². The molecule has 1 nitrogen and oxygen atoms in total. The molecule has 0 saturated heterocycles. The molecule has 0 saturated carbocycles. The van der Waals surface area contributed by atoms with E-state index in [1.807, 2.05) is 51.1 Å². The quantitative estimate of drug-likeness (QED) is 0.670. The van der Waals surface area contributed by atoms with Crippen LogP contribution in [0.4, 0.5) is 0 Å². The highest BCUT2D eigenvalue weighted by molar-refractivity contribution is 5.60. The Morgan fingerprint density at radius 1 is 1.20 bits per heavy atom. The third-order valence-corrected chi connectivity index (χ3v) is 1.90. The predicted molar refractivity (Wildman–Crippen MR) is 66.4 cm³/mol. The molecule has 1 aromatic rings. The van der Waals surface area contributed by atoms with Crippen molar-refractivity contribution >= 4 is 11.8 Å². The van der Waals surface area contributed by atoms with Crippen molar-refractivity contribution in [3.8, 4) is 0 Å². The van der Waals surface area contributed by atoms with Gasteiger partial charge in [0.15, 0.2) is 0 Å². The van der Waals surface area contributed by atoms with E-state index in [0.29, 0.717) is 5.76 Å². The molecule has 1 aromatic carbocycles. The molecule has 0 aliphatic carbocycles. The van der Waals surface area contributed by atoms with E-state index in [-0.39, 0.29) is 5.60 Å². The molecule has 0 atom stereocenters. The zero-order chi connectivity index (χ0) is 11.5. The summed E-state index contributed by atoms with van der Waals surface area (Å²) in [4.78, 5) is 0. The lowest BCUT2D eigenvalue weighted by Crippen LogP contribution is -2.17. The molecular weight excluding hydrogens is 184 g/mol. The minimum absolute atomic E-state index is 0.200.